The highest BCUT2D eigenvalue weighted by Crippen LogP contribution is 2.33. The average Bonchev–Trinajstić information content (AvgIpc) is 3.34. The van der Waals surface area contributed by atoms with Crippen molar-refractivity contribution in [3.63, 3.8) is 0 Å². The highest BCUT2D eigenvalue weighted by molar-refractivity contribution is 5.62. The van der Waals surface area contributed by atoms with Crippen LogP contribution in [-0.4, -0.2) is 30.0 Å². The third-order valence-electron chi connectivity index (χ3n) is 5.19. The third-order valence-corrected chi connectivity index (χ3v) is 5.19. The number of aromatic amines is 1. The molecule has 1 unspecified atom stereocenters. The van der Waals surface area contributed by atoms with Crippen LogP contribution in [0.5, 0.6) is 0 Å². The van der Waals surface area contributed by atoms with Gasteiger partial charge in [-0.25, -0.2) is 8.78 Å². The number of nitrogens with zero attached hydrogens (tertiary/aromatic N) is 1. The molecule has 0 amide bonds. The lowest BCUT2D eigenvalue weighted by Crippen LogP contribution is -2.38. The molecule has 27 heavy (non-hydrogen) atoms. The van der Waals surface area contributed by atoms with Gasteiger partial charge in [-0.1, -0.05) is 12.1 Å². The third kappa shape index (κ3) is 3.77. The molecule has 140 valence electrons. The molecule has 1 aromatic heterocycles. The Bertz CT molecular complexity index is 885. The Hall–Kier alpha value is -2.57. The highest BCUT2D eigenvalue weighted by atomic mass is 19.1. The Morgan fingerprint density at radius 2 is 1.74 bits per heavy atom. The first kappa shape index (κ1) is 17.8. The molecule has 4 nitrogen and oxygen atoms in total. The van der Waals surface area contributed by atoms with Crippen molar-refractivity contribution in [2.45, 2.75) is 18.4 Å². The van der Waals surface area contributed by atoms with Crippen molar-refractivity contribution in [2.24, 2.45) is 0 Å². The molecular weight excluding hydrogens is 348 g/mol. The highest BCUT2D eigenvalue weighted by Gasteiger charge is 2.36. The zero-order valence-corrected chi connectivity index (χ0v) is 14.8. The van der Waals surface area contributed by atoms with Crippen molar-refractivity contribution in [3.05, 3.63) is 77.5 Å². The van der Waals surface area contributed by atoms with Gasteiger partial charge < -0.3 is 10.1 Å². The Morgan fingerprint density at radius 1 is 1.04 bits per heavy atom. The molecule has 3 aromatic rings. The molecule has 1 aliphatic heterocycles. The minimum atomic E-state index is -0.264. The van der Waals surface area contributed by atoms with E-state index in [1.807, 2.05) is 12.1 Å². The average molecular weight is 369 g/mol. The van der Waals surface area contributed by atoms with Crippen molar-refractivity contribution in [2.75, 3.05) is 19.8 Å². The van der Waals surface area contributed by atoms with E-state index in [4.69, 9.17) is 4.74 Å². The summed E-state index contributed by atoms with van der Waals surface area (Å²) in [7, 11) is 0. The normalized spacial score (nSPS) is 19.5. The molecular formula is C21H21F2N3O. The fourth-order valence-electron chi connectivity index (χ4n) is 3.63. The van der Waals surface area contributed by atoms with Crippen LogP contribution in [0, 0.1) is 11.6 Å². The van der Waals surface area contributed by atoms with Gasteiger partial charge in [0.2, 0.25) is 0 Å². The van der Waals surface area contributed by atoms with Crippen LogP contribution in [0.15, 0.2) is 54.7 Å². The number of hydrogen-bond donors (Lipinski definition) is 2. The van der Waals surface area contributed by atoms with Gasteiger partial charge >= 0.3 is 0 Å². The van der Waals surface area contributed by atoms with E-state index in [2.05, 4.69) is 15.5 Å². The molecule has 6 heteroatoms. The van der Waals surface area contributed by atoms with Crippen molar-refractivity contribution in [1.82, 2.24) is 15.5 Å². The van der Waals surface area contributed by atoms with Gasteiger partial charge in [0, 0.05) is 36.2 Å². The minimum absolute atomic E-state index is 0.159. The molecule has 1 aliphatic rings. The van der Waals surface area contributed by atoms with Gasteiger partial charge in [0.25, 0.3) is 0 Å². The zero-order valence-electron chi connectivity index (χ0n) is 14.8. The maximum absolute atomic E-state index is 13.3. The summed E-state index contributed by atoms with van der Waals surface area (Å²) in [4.78, 5) is 0. The summed E-state index contributed by atoms with van der Waals surface area (Å²) in [5.41, 5.74) is 3.70. The summed E-state index contributed by atoms with van der Waals surface area (Å²) in [5, 5.41) is 10.6. The summed E-state index contributed by atoms with van der Waals surface area (Å²) in [6.45, 7) is 2.65. The number of rotatable bonds is 6. The lowest BCUT2D eigenvalue weighted by molar-refractivity contribution is 0.176. The number of H-pyrrole nitrogens is 1. The molecule has 0 radical (unpaired) electrons. The number of ether oxygens (including phenoxy) is 1. The number of hydrogen-bond acceptors (Lipinski definition) is 3. The van der Waals surface area contributed by atoms with E-state index in [9.17, 15) is 8.78 Å². The van der Waals surface area contributed by atoms with Crippen LogP contribution in [0.25, 0.3) is 11.3 Å². The van der Waals surface area contributed by atoms with E-state index in [0.29, 0.717) is 26.3 Å². The van der Waals surface area contributed by atoms with Crippen molar-refractivity contribution in [3.8, 4) is 11.3 Å². The first-order valence-electron chi connectivity index (χ1n) is 8.99. The van der Waals surface area contributed by atoms with Crippen LogP contribution in [0.4, 0.5) is 8.78 Å². The van der Waals surface area contributed by atoms with Crippen molar-refractivity contribution in [1.29, 1.82) is 0 Å². The lowest BCUT2D eigenvalue weighted by Gasteiger charge is -2.28. The van der Waals surface area contributed by atoms with Crippen LogP contribution >= 0.6 is 0 Å². The topological polar surface area (TPSA) is 49.9 Å². The summed E-state index contributed by atoms with van der Waals surface area (Å²) in [5.74, 6) is -0.497. The van der Waals surface area contributed by atoms with Gasteiger partial charge in [0.15, 0.2) is 0 Å². The van der Waals surface area contributed by atoms with E-state index in [1.165, 1.54) is 24.3 Å². The molecule has 0 saturated carbocycles. The summed E-state index contributed by atoms with van der Waals surface area (Å²) >= 11 is 0. The SMILES string of the molecule is Fc1ccc(-c2[nH]ncc2CNCC2(c3ccc(F)cc3)CCOC2)cc1. The fourth-order valence-corrected chi connectivity index (χ4v) is 3.63. The van der Waals surface area contributed by atoms with Gasteiger partial charge in [-0.05, 0) is 48.4 Å². The molecule has 1 saturated heterocycles. The largest absolute Gasteiger partial charge is 0.380 e. The van der Waals surface area contributed by atoms with Crippen LogP contribution in [0.2, 0.25) is 0 Å². The van der Waals surface area contributed by atoms with Gasteiger partial charge in [0.1, 0.15) is 11.6 Å². The number of halogens is 2. The van der Waals surface area contributed by atoms with Gasteiger partial charge in [0.05, 0.1) is 18.5 Å². The van der Waals surface area contributed by atoms with Crippen molar-refractivity contribution >= 4 is 0 Å². The molecule has 4 rings (SSSR count). The van der Waals surface area contributed by atoms with Gasteiger partial charge in [-0.15, -0.1) is 0 Å². The lowest BCUT2D eigenvalue weighted by atomic mass is 9.79. The van der Waals surface area contributed by atoms with Crippen LogP contribution in [0.1, 0.15) is 17.5 Å². The van der Waals surface area contributed by atoms with E-state index >= 15 is 0 Å². The fraction of sp³-hybridized carbons (Fsp3) is 0.286. The van der Waals surface area contributed by atoms with Gasteiger partial charge in [-0.3, -0.25) is 5.10 Å². The van der Waals surface area contributed by atoms with Crippen molar-refractivity contribution < 1.29 is 13.5 Å². The molecule has 1 fully saturated rings. The van der Waals surface area contributed by atoms with E-state index in [1.54, 1.807) is 18.3 Å². The summed E-state index contributed by atoms with van der Waals surface area (Å²) in [6, 6.07) is 13.0. The zero-order chi connectivity index (χ0) is 18.7. The molecule has 2 aromatic carbocycles. The Kier molecular flexibility index (Phi) is 5.01. The summed E-state index contributed by atoms with van der Waals surface area (Å²) < 4.78 is 32.1. The molecule has 2 heterocycles. The number of aromatic nitrogens is 2. The second-order valence-electron chi connectivity index (χ2n) is 6.97. The first-order chi connectivity index (χ1) is 13.2. The second-order valence-corrected chi connectivity index (χ2v) is 6.97. The maximum Gasteiger partial charge on any atom is 0.123 e. The number of benzene rings is 2. The molecule has 2 N–H and O–H groups in total. The van der Waals surface area contributed by atoms with E-state index in [0.717, 1.165) is 28.8 Å². The van der Waals surface area contributed by atoms with Crippen LogP contribution < -0.4 is 5.32 Å². The van der Waals surface area contributed by atoms with Gasteiger partial charge in [-0.2, -0.15) is 5.10 Å². The van der Waals surface area contributed by atoms with E-state index < -0.39 is 0 Å². The van der Waals surface area contributed by atoms with Crippen LogP contribution in [0.3, 0.4) is 0 Å². The number of nitrogens with one attached hydrogen (secondary N) is 2. The monoisotopic (exact) mass is 369 g/mol. The molecule has 0 spiro atoms. The van der Waals surface area contributed by atoms with E-state index in [-0.39, 0.29) is 17.0 Å². The summed E-state index contributed by atoms with van der Waals surface area (Å²) in [6.07, 6.45) is 2.67. The molecule has 1 atom stereocenters. The predicted molar refractivity (Wildman–Crippen MR) is 99.2 cm³/mol. The second kappa shape index (κ2) is 7.58. The first-order valence-corrected chi connectivity index (χ1v) is 8.99. The minimum Gasteiger partial charge on any atom is -0.380 e. The quantitative estimate of drug-likeness (QED) is 0.695. The van der Waals surface area contributed by atoms with Crippen LogP contribution in [-0.2, 0) is 16.7 Å². The smallest absolute Gasteiger partial charge is 0.123 e. The Morgan fingerprint density at radius 3 is 2.41 bits per heavy atom. The maximum atomic E-state index is 13.3. The Balaban J connectivity index is 1.47. The Labute approximate surface area is 156 Å². The molecule has 0 bridgehead atoms. The predicted octanol–water partition coefficient (Wildman–Crippen LogP) is 3.80. The standard InChI is InChI=1S/C21H21F2N3O/c22-18-5-1-15(2-6-18)20-16(12-25-26-20)11-24-13-21(9-10-27-14-21)17-3-7-19(23)8-4-17/h1-8,12,24H,9-11,13-14H2,(H,25,26). The molecule has 0 aliphatic carbocycles.